The first-order valence-electron chi connectivity index (χ1n) is 8.64. The Hall–Kier alpha value is -0.440. The van der Waals surface area contributed by atoms with Gasteiger partial charge in [0.05, 0.1) is 0 Å². The predicted molar refractivity (Wildman–Crippen MR) is 99.1 cm³/mol. The second-order valence-electron chi connectivity index (χ2n) is 7.66. The van der Waals surface area contributed by atoms with E-state index in [1.165, 1.54) is 17.5 Å². The van der Waals surface area contributed by atoms with E-state index in [4.69, 9.17) is 17.5 Å². The van der Waals surface area contributed by atoms with Crippen molar-refractivity contribution in [3.05, 3.63) is 29.3 Å². The van der Waals surface area contributed by atoms with Gasteiger partial charge in [0.25, 0.3) is 0 Å². The summed E-state index contributed by atoms with van der Waals surface area (Å²) in [4.78, 5) is 12.3. The molecule has 3 aliphatic carbocycles. The summed E-state index contributed by atoms with van der Waals surface area (Å²) in [5, 5.41) is 9.67. The molecule has 0 aromatic heterocycles. The van der Waals surface area contributed by atoms with Crippen molar-refractivity contribution in [3.8, 4) is 5.75 Å². The van der Waals surface area contributed by atoms with Crippen LogP contribution >= 0.6 is 0 Å². The normalized spacial score (nSPS) is 32.3. The van der Waals surface area contributed by atoms with Gasteiger partial charge in [0.15, 0.2) is 0 Å². The molecule has 3 N–H and O–H groups in total. The summed E-state index contributed by atoms with van der Waals surface area (Å²) >= 11 is 0. The molecule has 3 aliphatic rings. The number of fused-ring (bicyclic) bond motifs is 5. The number of phenolic OH excluding ortho intramolecular Hbond substituents is 1. The summed E-state index contributed by atoms with van der Waals surface area (Å²) < 4.78 is 31.6. The van der Waals surface area contributed by atoms with Gasteiger partial charge in [-0.3, -0.25) is 13.9 Å². The van der Waals surface area contributed by atoms with Crippen LogP contribution in [0.1, 0.15) is 56.1 Å². The zero-order chi connectivity index (χ0) is 18.4. The van der Waals surface area contributed by atoms with Crippen molar-refractivity contribution in [2.75, 3.05) is 0 Å². The summed E-state index contributed by atoms with van der Waals surface area (Å²) in [6.07, 6.45) is 6.34. The molecule has 0 saturated heterocycles. The number of phenols is 1. The SMILES string of the molecule is C[C@]12CC[C@@H]3c4ccc(O)cc4CC[C@H]3[C@@H]1CCC2=O.O=S(=O)(O)O.[NaH]. The monoisotopic (exact) mass is 392 g/mol. The van der Waals surface area contributed by atoms with Crippen LogP contribution in [0.4, 0.5) is 0 Å². The third-order valence-electron chi connectivity index (χ3n) is 6.42. The first-order valence-corrected chi connectivity index (χ1v) is 10.0. The van der Waals surface area contributed by atoms with Gasteiger partial charge in [0.2, 0.25) is 0 Å². The molecule has 140 valence electrons. The van der Waals surface area contributed by atoms with Crippen molar-refractivity contribution in [2.45, 2.75) is 51.4 Å². The molecule has 2 fully saturated rings. The Morgan fingerprint density at radius 1 is 1.12 bits per heavy atom. The van der Waals surface area contributed by atoms with Gasteiger partial charge in [-0.1, -0.05) is 13.0 Å². The van der Waals surface area contributed by atoms with Crippen molar-refractivity contribution < 1.29 is 27.4 Å². The second kappa shape index (κ2) is 7.89. The minimum atomic E-state index is -4.67. The Kier molecular flexibility index (Phi) is 6.63. The molecule has 0 heterocycles. The van der Waals surface area contributed by atoms with Gasteiger partial charge in [-0.15, -0.1) is 0 Å². The van der Waals surface area contributed by atoms with E-state index in [-0.39, 0.29) is 35.0 Å². The Morgan fingerprint density at radius 2 is 1.77 bits per heavy atom. The fraction of sp³-hybridized carbons (Fsp3) is 0.611. The summed E-state index contributed by atoms with van der Waals surface area (Å²) in [6.45, 7) is 2.22. The van der Waals surface area contributed by atoms with Crippen LogP contribution in [-0.4, -0.2) is 58.0 Å². The van der Waals surface area contributed by atoms with Crippen LogP contribution in [-0.2, 0) is 21.6 Å². The predicted octanol–water partition coefficient (Wildman–Crippen LogP) is 2.52. The molecule has 26 heavy (non-hydrogen) atoms. The zero-order valence-electron chi connectivity index (χ0n) is 14.2. The van der Waals surface area contributed by atoms with Crippen LogP contribution in [0.2, 0.25) is 0 Å². The number of rotatable bonds is 0. The molecule has 0 spiro atoms. The average molecular weight is 392 g/mol. The van der Waals surface area contributed by atoms with Gasteiger partial charge in [-0.2, -0.15) is 8.42 Å². The standard InChI is InChI=1S/C18H22O2.Na.H2O4S.H/c1-18-9-8-14-13-5-3-12(19)10-11(13)2-4-15(14)16(18)6-7-17(18)20;;1-5(2,3)4;/h3,5,10,14-16,19H,2,4,6-9H2,1H3;;(H2,1,2,3,4);/t14-,15-,16+,18+;;;/m1.../s1. The number of carbonyl (C=O) groups is 1. The van der Waals surface area contributed by atoms with E-state index in [2.05, 4.69) is 13.0 Å². The quantitative estimate of drug-likeness (QED) is 0.462. The van der Waals surface area contributed by atoms with E-state index >= 15 is 0 Å². The molecule has 6 nitrogen and oxygen atoms in total. The molecule has 8 heteroatoms. The molecule has 2 saturated carbocycles. The Bertz CT molecular complexity index is 785. The summed E-state index contributed by atoms with van der Waals surface area (Å²) in [5.74, 6) is 2.78. The van der Waals surface area contributed by atoms with Gasteiger partial charge >= 0.3 is 40.0 Å². The van der Waals surface area contributed by atoms with E-state index in [0.717, 1.165) is 32.1 Å². The van der Waals surface area contributed by atoms with Gasteiger partial charge in [-0.05, 0) is 73.1 Å². The molecular weight excluding hydrogens is 367 g/mol. The topological polar surface area (TPSA) is 112 Å². The zero-order valence-corrected chi connectivity index (χ0v) is 15.0. The van der Waals surface area contributed by atoms with E-state index in [1.807, 2.05) is 12.1 Å². The first-order chi connectivity index (χ1) is 11.6. The number of aromatic hydroxyl groups is 1. The third kappa shape index (κ3) is 4.34. The molecule has 0 bridgehead atoms. The molecule has 1 aromatic carbocycles. The first kappa shape index (κ1) is 21.9. The molecule has 4 rings (SSSR count). The number of aryl methyl sites for hydroxylation is 1. The van der Waals surface area contributed by atoms with E-state index in [1.54, 1.807) is 0 Å². The minimum absolute atomic E-state index is 0. The summed E-state index contributed by atoms with van der Waals surface area (Å²) in [6, 6.07) is 5.90. The number of ketones is 1. The van der Waals surface area contributed by atoms with Crippen molar-refractivity contribution in [1.29, 1.82) is 0 Å². The fourth-order valence-corrected chi connectivity index (χ4v) is 5.34. The number of carbonyl (C=O) groups excluding carboxylic acids is 1. The van der Waals surface area contributed by atoms with Gasteiger partial charge in [0.1, 0.15) is 11.5 Å². The number of hydrogen-bond donors (Lipinski definition) is 3. The summed E-state index contributed by atoms with van der Waals surface area (Å²) in [7, 11) is -4.67. The van der Waals surface area contributed by atoms with Crippen LogP contribution in [0.25, 0.3) is 0 Å². The number of benzene rings is 1. The Balaban J connectivity index is 0.000000362. The van der Waals surface area contributed by atoms with Crippen molar-refractivity contribution in [1.82, 2.24) is 0 Å². The molecule has 0 aliphatic heterocycles. The Morgan fingerprint density at radius 3 is 2.42 bits per heavy atom. The van der Waals surface area contributed by atoms with Gasteiger partial charge in [-0.25, -0.2) is 0 Å². The van der Waals surface area contributed by atoms with Crippen LogP contribution in [0.3, 0.4) is 0 Å². The van der Waals surface area contributed by atoms with E-state index < -0.39 is 10.4 Å². The summed E-state index contributed by atoms with van der Waals surface area (Å²) in [5.41, 5.74) is 2.75. The third-order valence-corrected chi connectivity index (χ3v) is 6.42. The van der Waals surface area contributed by atoms with Crippen LogP contribution in [0.15, 0.2) is 18.2 Å². The fourth-order valence-electron chi connectivity index (χ4n) is 5.34. The molecule has 0 radical (unpaired) electrons. The van der Waals surface area contributed by atoms with Crippen molar-refractivity contribution in [3.63, 3.8) is 0 Å². The molecule has 4 atom stereocenters. The van der Waals surface area contributed by atoms with Crippen molar-refractivity contribution >= 4 is 45.7 Å². The number of Topliss-reactive ketones (excluding diaryl/α,β-unsaturated/α-hetero) is 1. The maximum atomic E-state index is 12.3. The van der Waals surface area contributed by atoms with Gasteiger partial charge < -0.3 is 5.11 Å². The maximum absolute atomic E-state index is 12.3. The molecule has 0 amide bonds. The molecule has 1 aromatic rings. The van der Waals surface area contributed by atoms with Crippen LogP contribution < -0.4 is 0 Å². The van der Waals surface area contributed by atoms with Crippen LogP contribution in [0, 0.1) is 17.3 Å². The van der Waals surface area contributed by atoms with Gasteiger partial charge in [0, 0.05) is 11.8 Å². The number of hydrogen-bond acceptors (Lipinski definition) is 4. The molecule has 0 unspecified atom stereocenters. The Labute approximate surface area is 176 Å². The second-order valence-corrected chi connectivity index (χ2v) is 8.56. The van der Waals surface area contributed by atoms with Crippen LogP contribution in [0.5, 0.6) is 5.75 Å². The average Bonchev–Trinajstić information content (AvgIpc) is 2.81. The van der Waals surface area contributed by atoms with Crippen molar-refractivity contribution in [2.24, 2.45) is 17.3 Å². The van der Waals surface area contributed by atoms with E-state index in [0.29, 0.717) is 29.3 Å². The molecular formula is C18H25NaO6S. The van der Waals surface area contributed by atoms with E-state index in [9.17, 15) is 9.90 Å².